The molecule has 0 saturated heterocycles. The van der Waals surface area contributed by atoms with Crippen LogP contribution in [0.1, 0.15) is 19.4 Å². The first-order valence-electron chi connectivity index (χ1n) is 5.70. The van der Waals surface area contributed by atoms with E-state index in [4.69, 9.17) is 15.9 Å². The molecule has 0 aliphatic heterocycles. The summed E-state index contributed by atoms with van der Waals surface area (Å²) in [5, 5.41) is 17.0. The molecule has 0 amide bonds. The molecular formula is C13H21N3O2. The van der Waals surface area contributed by atoms with Gasteiger partial charge in [-0.1, -0.05) is 0 Å². The van der Waals surface area contributed by atoms with Gasteiger partial charge in [-0.3, -0.25) is 5.41 Å². The Balaban J connectivity index is 3.31. The van der Waals surface area contributed by atoms with E-state index in [1.807, 2.05) is 31.9 Å². The lowest BCUT2D eigenvalue weighted by molar-refractivity contribution is 0.216. The van der Waals surface area contributed by atoms with Crippen LogP contribution in [0.2, 0.25) is 0 Å². The molecule has 1 rings (SSSR count). The summed E-state index contributed by atoms with van der Waals surface area (Å²) >= 11 is 0. The number of rotatable bonds is 5. The molecule has 0 atom stereocenters. The van der Waals surface area contributed by atoms with Crippen molar-refractivity contribution in [1.29, 1.82) is 5.41 Å². The van der Waals surface area contributed by atoms with Crippen molar-refractivity contribution in [2.24, 2.45) is 5.73 Å². The number of anilines is 1. The van der Waals surface area contributed by atoms with E-state index in [1.54, 1.807) is 19.2 Å². The molecule has 0 fully saturated rings. The maximum absolute atomic E-state index is 9.42. The number of aliphatic hydroxyl groups is 1. The van der Waals surface area contributed by atoms with E-state index in [0.29, 0.717) is 11.3 Å². The summed E-state index contributed by atoms with van der Waals surface area (Å²) in [5.41, 5.74) is 6.52. The lowest BCUT2D eigenvalue weighted by atomic mass is 10.0. The number of hydrogen-bond acceptors (Lipinski definition) is 4. The number of aliphatic hydroxyl groups excluding tert-OH is 1. The number of amidine groups is 1. The number of nitrogens with two attached hydrogens (primary N) is 1. The first-order chi connectivity index (χ1) is 8.33. The van der Waals surface area contributed by atoms with Gasteiger partial charge in [0, 0.05) is 18.7 Å². The molecule has 18 heavy (non-hydrogen) atoms. The fourth-order valence-electron chi connectivity index (χ4n) is 1.58. The molecule has 5 nitrogen and oxygen atoms in total. The van der Waals surface area contributed by atoms with Crippen molar-refractivity contribution in [3.8, 4) is 5.75 Å². The average molecular weight is 251 g/mol. The average Bonchev–Trinajstić information content (AvgIpc) is 2.36. The Kier molecular flexibility index (Phi) is 4.19. The Bertz CT molecular complexity index is 444. The smallest absolute Gasteiger partial charge is 0.124 e. The van der Waals surface area contributed by atoms with E-state index >= 15 is 0 Å². The first-order valence-corrected chi connectivity index (χ1v) is 5.70. The Morgan fingerprint density at radius 2 is 2.11 bits per heavy atom. The topological polar surface area (TPSA) is 82.6 Å². The van der Waals surface area contributed by atoms with E-state index in [0.717, 1.165) is 5.69 Å². The largest absolute Gasteiger partial charge is 0.497 e. The third kappa shape index (κ3) is 2.73. The molecule has 0 spiro atoms. The highest BCUT2D eigenvalue weighted by Crippen LogP contribution is 2.29. The van der Waals surface area contributed by atoms with Crippen molar-refractivity contribution >= 4 is 11.5 Å². The van der Waals surface area contributed by atoms with E-state index in [1.165, 1.54) is 0 Å². The Hall–Kier alpha value is -1.75. The monoisotopic (exact) mass is 251 g/mol. The van der Waals surface area contributed by atoms with Crippen molar-refractivity contribution in [3.05, 3.63) is 23.8 Å². The second kappa shape index (κ2) is 5.27. The van der Waals surface area contributed by atoms with Crippen LogP contribution >= 0.6 is 0 Å². The standard InChI is InChI=1S/C13H21N3O2/c1-13(2,8-17)16(3)11-7-9(18-4)5-6-10(11)12(14)15/h5-7,17H,8H2,1-4H3,(H3,14,15). The van der Waals surface area contributed by atoms with Crippen LogP contribution in [-0.2, 0) is 0 Å². The van der Waals surface area contributed by atoms with Crippen molar-refractivity contribution in [2.45, 2.75) is 19.4 Å². The molecule has 0 bridgehead atoms. The van der Waals surface area contributed by atoms with Crippen LogP contribution in [0.3, 0.4) is 0 Å². The molecule has 100 valence electrons. The number of nitrogen functional groups attached to an aromatic ring is 1. The zero-order valence-electron chi connectivity index (χ0n) is 11.3. The molecule has 0 radical (unpaired) electrons. The van der Waals surface area contributed by atoms with Gasteiger partial charge in [0.05, 0.1) is 24.9 Å². The van der Waals surface area contributed by atoms with Crippen molar-refractivity contribution in [3.63, 3.8) is 0 Å². The van der Waals surface area contributed by atoms with Crippen molar-refractivity contribution in [1.82, 2.24) is 0 Å². The van der Waals surface area contributed by atoms with E-state index in [-0.39, 0.29) is 12.4 Å². The molecule has 0 aliphatic rings. The second-order valence-corrected chi connectivity index (χ2v) is 4.83. The predicted octanol–water partition coefficient (Wildman–Crippen LogP) is 1.19. The number of nitrogens with one attached hydrogen (secondary N) is 1. The Labute approximate surface area is 108 Å². The zero-order chi connectivity index (χ0) is 13.9. The summed E-state index contributed by atoms with van der Waals surface area (Å²) in [5.74, 6) is 0.684. The molecule has 5 heteroatoms. The quantitative estimate of drug-likeness (QED) is 0.542. The lowest BCUT2D eigenvalue weighted by Crippen LogP contribution is -2.45. The highest BCUT2D eigenvalue weighted by molar-refractivity contribution is 6.00. The van der Waals surface area contributed by atoms with Gasteiger partial charge in [-0.2, -0.15) is 0 Å². The first kappa shape index (κ1) is 14.3. The summed E-state index contributed by atoms with van der Waals surface area (Å²) in [4.78, 5) is 1.90. The maximum atomic E-state index is 9.42. The maximum Gasteiger partial charge on any atom is 0.124 e. The number of likely N-dealkylation sites (N-methyl/N-ethyl adjacent to an activating group) is 1. The zero-order valence-corrected chi connectivity index (χ0v) is 11.3. The Morgan fingerprint density at radius 1 is 1.50 bits per heavy atom. The normalized spacial score (nSPS) is 11.2. The molecule has 4 N–H and O–H groups in total. The van der Waals surface area contributed by atoms with Gasteiger partial charge < -0.3 is 20.5 Å². The van der Waals surface area contributed by atoms with Crippen LogP contribution in [0.5, 0.6) is 5.75 Å². The van der Waals surface area contributed by atoms with Crippen LogP contribution in [0.15, 0.2) is 18.2 Å². The van der Waals surface area contributed by atoms with Crippen LogP contribution in [0.4, 0.5) is 5.69 Å². The van der Waals surface area contributed by atoms with Gasteiger partial charge in [-0.15, -0.1) is 0 Å². The van der Waals surface area contributed by atoms with Gasteiger partial charge >= 0.3 is 0 Å². The number of nitrogens with zero attached hydrogens (tertiary/aromatic N) is 1. The minimum atomic E-state index is -0.448. The third-order valence-electron chi connectivity index (χ3n) is 3.15. The second-order valence-electron chi connectivity index (χ2n) is 4.83. The van der Waals surface area contributed by atoms with Gasteiger partial charge in [-0.05, 0) is 26.0 Å². The summed E-state index contributed by atoms with van der Waals surface area (Å²) in [6.45, 7) is 3.82. The third-order valence-corrected chi connectivity index (χ3v) is 3.15. The fraction of sp³-hybridized carbons (Fsp3) is 0.462. The SMILES string of the molecule is COc1ccc(C(=N)N)c(N(C)C(C)(C)CO)c1. The van der Waals surface area contributed by atoms with Crippen LogP contribution in [-0.4, -0.2) is 37.2 Å². The van der Waals surface area contributed by atoms with Crippen LogP contribution < -0.4 is 15.4 Å². The molecule has 0 aromatic heterocycles. The molecular weight excluding hydrogens is 230 g/mol. The van der Waals surface area contributed by atoms with Crippen molar-refractivity contribution < 1.29 is 9.84 Å². The summed E-state index contributed by atoms with van der Waals surface area (Å²) in [6, 6.07) is 5.33. The number of benzene rings is 1. The Morgan fingerprint density at radius 3 is 2.56 bits per heavy atom. The summed E-state index contributed by atoms with van der Waals surface area (Å²) in [6.07, 6.45) is 0. The highest BCUT2D eigenvalue weighted by atomic mass is 16.5. The van der Waals surface area contributed by atoms with Gasteiger partial charge in [0.25, 0.3) is 0 Å². The molecule has 1 aromatic carbocycles. The van der Waals surface area contributed by atoms with E-state index in [2.05, 4.69) is 0 Å². The van der Waals surface area contributed by atoms with Gasteiger partial charge in [0.15, 0.2) is 0 Å². The lowest BCUT2D eigenvalue weighted by Gasteiger charge is -2.37. The van der Waals surface area contributed by atoms with Crippen LogP contribution in [0, 0.1) is 5.41 Å². The molecule has 0 saturated carbocycles. The molecule has 0 heterocycles. The minimum absolute atomic E-state index is 0.00193. The summed E-state index contributed by atoms with van der Waals surface area (Å²) in [7, 11) is 3.45. The highest BCUT2D eigenvalue weighted by Gasteiger charge is 2.25. The summed E-state index contributed by atoms with van der Waals surface area (Å²) < 4.78 is 5.19. The number of hydrogen-bond donors (Lipinski definition) is 3. The van der Waals surface area contributed by atoms with Gasteiger partial charge in [-0.25, -0.2) is 0 Å². The van der Waals surface area contributed by atoms with E-state index in [9.17, 15) is 5.11 Å². The number of ether oxygens (including phenoxy) is 1. The molecule has 1 aromatic rings. The van der Waals surface area contributed by atoms with Crippen LogP contribution in [0.25, 0.3) is 0 Å². The van der Waals surface area contributed by atoms with E-state index < -0.39 is 5.54 Å². The minimum Gasteiger partial charge on any atom is -0.497 e. The predicted molar refractivity (Wildman–Crippen MR) is 73.6 cm³/mol. The van der Waals surface area contributed by atoms with Crippen molar-refractivity contribution in [2.75, 3.05) is 25.7 Å². The molecule has 0 aliphatic carbocycles. The molecule has 0 unspecified atom stereocenters. The fourth-order valence-corrected chi connectivity index (χ4v) is 1.58. The van der Waals surface area contributed by atoms with Gasteiger partial charge in [0.2, 0.25) is 0 Å². The van der Waals surface area contributed by atoms with Gasteiger partial charge in [0.1, 0.15) is 11.6 Å². The number of methoxy groups -OCH3 is 1.